The summed E-state index contributed by atoms with van der Waals surface area (Å²) < 4.78 is 11.3. The van der Waals surface area contributed by atoms with Crippen molar-refractivity contribution in [3.63, 3.8) is 0 Å². The van der Waals surface area contributed by atoms with Gasteiger partial charge in [0.25, 0.3) is 0 Å². The highest BCUT2D eigenvalue weighted by molar-refractivity contribution is 5.78. The van der Waals surface area contributed by atoms with Gasteiger partial charge in [-0.25, -0.2) is 0 Å². The molecule has 0 bridgehead atoms. The van der Waals surface area contributed by atoms with E-state index in [2.05, 4.69) is 0 Å². The molecule has 4 heteroatoms. The summed E-state index contributed by atoms with van der Waals surface area (Å²) >= 11 is 0. The van der Waals surface area contributed by atoms with Crippen molar-refractivity contribution in [2.24, 2.45) is 0 Å². The maximum Gasteiger partial charge on any atom is 0.249 e. The van der Waals surface area contributed by atoms with Crippen molar-refractivity contribution in [2.75, 3.05) is 19.8 Å². The molecule has 0 radical (unpaired) electrons. The molecule has 4 nitrogen and oxygen atoms in total. The van der Waals surface area contributed by atoms with Crippen LogP contribution in [0, 0.1) is 0 Å². The maximum absolute atomic E-state index is 12.1. The lowest BCUT2D eigenvalue weighted by Gasteiger charge is -2.38. The normalized spacial score (nSPS) is 29.2. The Morgan fingerprint density at radius 2 is 2.18 bits per heavy atom. The Bertz CT molecular complexity index is 285. The van der Waals surface area contributed by atoms with Crippen LogP contribution in [-0.2, 0) is 14.3 Å². The predicted molar refractivity (Wildman–Crippen MR) is 64.8 cm³/mol. The Labute approximate surface area is 103 Å². The second kappa shape index (κ2) is 4.94. The predicted octanol–water partition coefficient (Wildman–Crippen LogP) is 1.58. The minimum atomic E-state index is -0.253. The van der Waals surface area contributed by atoms with Crippen LogP contribution < -0.4 is 0 Å². The van der Waals surface area contributed by atoms with Crippen LogP contribution in [0.1, 0.15) is 40.0 Å². The topological polar surface area (TPSA) is 38.8 Å². The smallest absolute Gasteiger partial charge is 0.249 e. The van der Waals surface area contributed by atoms with Crippen LogP contribution in [0.25, 0.3) is 0 Å². The van der Waals surface area contributed by atoms with E-state index in [9.17, 15) is 4.79 Å². The average molecular weight is 241 g/mol. The molecule has 1 aliphatic heterocycles. The average Bonchev–Trinajstić information content (AvgIpc) is 2.72. The molecular formula is C13H23NO3. The van der Waals surface area contributed by atoms with Gasteiger partial charge in [0.2, 0.25) is 5.91 Å². The number of ether oxygens (including phenoxy) is 2. The van der Waals surface area contributed by atoms with Crippen molar-refractivity contribution >= 4 is 5.91 Å². The van der Waals surface area contributed by atoms with Crippen LogP contribution in [0.3, 0.4) is 0 Å². The fourth-order valence-corrected chi connectivity index (χ4v) is 2.60. The zero-order valence-electron chi connectivity index (χ0n) is 11.1. The third-order valence-corrected chi connectivity index (χ3v) is 3.43. The lowest BCUT2D eigenvalue weighted by Crippen LogP contribution is -2.52. The second-order valence-corrected chi connectivity index (χ2v) is 5.90. The minimum Gasteiger partial charge on any atom is -0.374 e. The Hall–Kier alpha value is -0.610. The molecule has 1 heterocycles. The number of rotatable bonds is 2. The molecule has 2 atom stereocenters. The third kappa shape index (κ3) is 3.19. The first-order valence-corrected chi connectivity index (χ1v) is 6.52. The fraction of sp³-hybridized carbons (Fsp3) is 0.923. The monoisotopic (exact) mass is 241 g/mol. The van der Waals surface area contributed by atoms with Crippen molar-refractivity contribution in [1.82, 2.24) is 4.90 Å². The molecule has 98 valence electrons. The Balaban J connectivity index is 1.90. The second-order valence-electron chi connectivity index (χ2n) is 5.90. The Morgan fingerprint density at radius 3 is 2.88 bits per heavy atom. The van der Waals surface area contributed by atoms with Gasteiger partial charge in [-0.05, 0) is 40.0 Å². The summed E-state index contributed by atoms with van der Waals surface area (Å²) in [7, 11) is 0. The minimum absolute atomic E-state index is 0.111. The third-order valence-electron chi connectivity index (χ3n) is 3.43. The van der Waals surface area contributed by atoms with Gasteiger partial charge in [-0.15, -0.1) is 0 Å². The lowest BCUT2D eigenvalue weighted by atomic mass is 10.1. The van der Waals surface area contributed by atoms with Gasteiger partial charge in [-0.1, -0.05) is 0 Å². The fourth-order valence-electron chi connectivity index (χ4n) is 2.60. The van der Waals surface area contributed by atoms with Crippen molar-refractivity contribution in [1.29, 1.82) is 0 Å². The van der Waals surface area contributed by atoms with Crippen LogP contribution in [0.15, 0.2) is 0 Å². The van der Waals surface area contributed by atoms with E-state index >= 15 is 0 Å². The van der Waals surface area contributed by atoms with Gasteiger partial charge < -0.3 is 14.4 Å². The maximum atomic E-state index is 12.1. The van der Waals surface area contributed by atoms with Crippen LogP contribution in [-0.4, -0.2) is 48.3 Å². The van der Waals surface area contributed by atoms with E-state index in [1.165, 1.54) is 6.42 Å². The summed E-state index contributed by atoms with van der Waals surface area (Å²) in [5.74, 6) is 0.111. The Kier molecular flexibility index (Phi) is 3.73. The van der Waals surface area contributed by atoms with Gasteiger partial charge in [-0.3, -0.25) is 4.79 Å². The van der Waals surface area contributed by atoms with Crippen LogP contribution in [0.5, 0.6) is 0 Å². The van der Waals surface area contributed by atoms with E-state index in [0.717, 1.165) is 12.8 Å². The molecule has 0 spiro atoms. The molecule has 2 aliphatic rings. The number of carbonyl (C=O) groups excluding carboxylic acids is 1. The van der Waals surface area contributed by atoms with E-state index < -0.39 is 0 Å². The number of hydrogen-bond donors (Lipinski definition) is 0. The van der Waals surface area contributed by atoms with Gasteiger partial charge in [0, 0.05) is 6.54 Å². The summed E-state index contributed by atoms with van der Waals surface area (Å²) in [5.41, 5.74) is -0.253. The highest BCUT2D eigenvalue weighted by Crippen LogP contribution is 2.29. The largest absolute Gasteiger partial charge is 0.374 e. The van der Waals surface area contributed by atoms with E-state index in [1.54, 1.807) is 0 Å². The summed E-state index contributed by atoms with van der Waals surface area (Å²) in [5, 5.41) is 0. The highest BCUT2D eigenvalue weighted by Gasteiger charge is 2.38. The molecule has 1 amide bonds. The molecule has 0 aromatic heterocycles. The zero-order chi connectivity index (χ0) is 12.5. The van der Waals surface area contributed by atoms with Gasteiger partial charge in [0.05, 0.1) is 24.4 Å². The molecule has 0 N–H and O–H groups in total. The summed E-state index contributed by atoms with van der Waals surface area (Å²) in [6, 6.07) is 0.291. The zero-order valence-corrected chi connectivity index (χ0v) is 11.1. The summed E-state index contributed by atoms with van der Waals surface area (Å²) in [4.78, 5) is 14.1. The van der Waals surface area contributed by atoms with E-state index in [4.69, 9.17) is 9.47 Å². The molecule has 2 fully saturated rings. The number of carbonyl (C=O) groups is 1. The quantitative estimate of drug-likeness (QED) is 0.737. The first-order valence-electron chi connectivity index (χ1n) is 6.52. The standard InChI is InChI=1S/C13H23NO3/c1-13(2,3)17-9-12(15)14-7-8-16-11-6-4-5-10(11)14/h10-11H,4-9H2,1-3H3. The van der Waals surface area contributed by atoms with E-state index in [1.807, 2.05) is 25.7 Å². The van der Waals surface area contributed by atoms with Gasteiger partial charge in [-0.2, -0.15) is 0 Å². The first-order chi connectivity index (χ1) is 7.97. The van der Waals surface area contributed by atoms with Gasteiger partial charge >= 0.3 is 0 Å². The number of hydrogen-bond acceptors (Lipinski definition) is 3. The lowest BCUT2D eigenvalue weighted by molar-refractivity contribution is -0.153. The van der Waals surface area contributed by atoms with E-state index in [-0.39, 0.29) is 24.2 Å². The molecule has 2 rings (SSSR count). The summed E-state index contributed by atoms with van der Waals surface area (Å²) in [6.07, 6.45) is 3.60. The highest BCUT2D eigenvalue weighted by atomic mass is 16.5. The van der Waals surface area contributed by atoms with Crippen molar-refractivity contribution in [3.05, 3.63) is 0 Å². The number of nitrogens with zero attached hydrogens (tertiary/aromatic N) is 1. The number of fused-ring (bicyclic) bond motifs is 1. The molecule has 0 aromatic carbocycles. The van der Waals surface area contributed by atoms with Crippen molar-refractivity contribution in [2.45, 2.75) is 57.8 Å². The number of morpholine rings is 1. The summed E-state index contributed by atoms with van der Waals surface area (Å²) in [6.45, 7) is 7.48. The molecule has 0 aromatic rings. The van der Waals surface area contributed by atoms with Gasteiger partial charge in [0.15, 0.2) is 0 Å². The van der Waals surface area contributed by atoms with Crippen LogP contribution in [0.4, 0.5) is 0 Å². The van der Waals surface area contributed by atoms with Crippen LogP contribution >= 0.6 is 0 Å². The Morgan fingerprint density at radius 1 is 1.41 bits per heavy atom. The molecular weight excluding hydrogens is 218 g/mol. The number of amides is 1. The van der Waals surface area contributed by atoms with Crippen LogP contribution in [0.2, 0.25) is 0 Å². The van der Waals surface area contributed by atoms with E-state index in [0.29, 0.717) is 19.2 Å². The molecule has 1 saturated heterocycles. The first kappa shape index (κ1) is 12.8. The van der Waals surface area contributed by atoms with Gasteiger partial charge in [0.1, 0.15) is 6.61 Å². The van der Waals surface area contributed by atoms with Crippen molar-refractivity contribution < 1.29 is 14.3 Å². The van der Waals surface area contributed by atoms with Crippen molar-refractivity contribution in [3.8, 4) is 0 Å². The molecule has 2 unspecified atom stereocenters. The SMILES string of the molecule is CC(C)(C)OCC(=O)N1CCOC2CCCC21. The molecule has 17 heavy (non-hydrogen) atoms. The molecule has 1 saturated carbocycles. The molecule has 1 aliphatic carbocycles.